The summed E-state index contributed by atoms with van der Waals surface area (Å²) < 4.78 is 74.8. The van der Waals surface area contributed by atoms with E-state index < -0.39 is 27.3 Å². The van der Waals surface area contributed by atoms with Crippen molar-refractivity contribution in [2.24, 2.45) is 0 Å². The highest BCUT2D eigenvalue weighted by atomic mass is 32.2. The molecule has 0 unspecified atom stereocenters. The molecule has 0 saturated heterocycles. The van der Waals surface area contributed by atoms with Gasteiger partial charge in [0.25, 0.3) is 10.0 Å². The Kier molecular flexibility index (Phi) is 4.90. The molecule has 0 saturated carbocycles. The van der Waals surface area contributed by atoms with Crippen molar-refractivity contribution in [3.63, 3.8) is 0 Å². The van der Waals surface area contributed by atoms with Crippen molar-refractivity contribution in [3.8, 4) is 17.0 Å². The van der Waals surface area contributed by atoms with Gasteiger partial charge in [-0.25, -0.2) is 22.4 Å². The highest BCUT2D eigenvalue weighted by molar-refractivity contribution is 7.90. The Morgan fingerprint density at radius 3 is 2.41 bits per heavy atom. The molecule has 5 rings (SSSR count). The van der Waals surface area contributed by atoms with Gasteiger partial charge in [0.1, 0.15) is 12.1 Å². The monoisotopic (exact) mass is 486 g/mol. The Morgan fingerprint density at radius 1 is 1.00 bits per heavy atom. The number of halogens is 3. The van der Waals surface area contributed by atoms with Gasteiger partial charge in [0.2, 0.25) is 0 Å². The molecule has 0 spiro atoms. The molecule has 1 N–H and O–H groups in total. The van der Waals surface area contributed by atoms with E-state index >= 15 is 0 Å². The average Bonchev–Trinajstić information content (AvgIpc) is 3.39. The first-order chi connectivity index (χ1) is 16.1. The van der Waals surface area contributed by atoms with Gasteiger partial charge in [-0.2, -0.15) is 13.2 Å². The van der Waals surface area contributed by atoms with Crippen LogP contribution in [0.15, 0.2) is 66.0 Å². The van der Waals surface area contributed by atoms with Crippen LogP contribution in [-0.2, 0) is 16.2 Å². The topological polar surface area (TPSA) is 89.9 Å². The predicted molar refractivity (Wildman–Crippen MR) is 120 cm³/mol. The van der Waals surface area contributed by atoms with Crippen molar-refractivity contribution in [2.75, 3.05) is 7.11 Å². The number of hydrogen-bond donors (Lipinski definition) is 1. The first-order valence-electron chi connectivity index (χ1n) is 10.0. The summed E-state index contributed by atoms with van der Waals surface area (Å²) in [5, 5.41) is 0.155. The zero-order valence-corrected chi connectivity index (χ0v) is 18.7. The zero-order valence-electron chi connectivity index (χ0n) is 17.9. The number of benzene rings is 2. The summed E-state index contributed by atoms with van der Waals surface area (Å²) in [5.41, 5.74) is 0.297. The number of methoxy groups -OCH3 is 1. The van der Waals surface area contributed by atoms with Crippen LogP contribution < -0.4 is 4.74 Å². The third kappa shape index (κ3) is 3.39. The van der Waals surface area contributed by atoms with Crippen LogP contribution >= 0.6 is 0 Å². The molecular weight excluding hydrogens is 469 g/mol. The van der Waals surface area contributed by atoms with Gasteiger partial charge in [0, 0.05) is 22.7 Å². The molecular formula is C23H17F3N4O3S. The van der Waals surface area contributed by atoms with Gasteiger partial charge in [0.15, 0.2) is 11.3 Å². The molecule has 0 radical (unpaired) electrons. The summed E-state index contributed by atoms with van der Waals surface area (Å²) >= 11 is 0. The molecule has 0 aliphatic rings. The molecule has 0 bridgehead atoms. The van der Waals surface area contributed by atoms with Gasteiger partial charge in [-0.3, -0.25) is 0 Å². The molecule has 5 aromatic rings. The van der Waals surface area contributed by atoms with Crippen molar-refractivity contribution in [2.45, 2.75) is 18.0 Å². The van der Waals surface area contributed by atoms with Gasteiger partial charge in [-0.05, 0) is 43.3 Å². The second kappa shape index (κ2) is 7.59. The second-order valence-electron chi connectivity index (χ2n) is 7.68. The fourth-order valence-electron chi connectivity index (χ4n) is 3.90. The standard InChI is InChI=1S/C23H17F3N4O3S/c1-13-3-6-15(7-4-13)34(31,32)30-20(10-17-21(23(24,25)26)28-12-29-22(17)30)18-11-27-19-8-5-14(33-2)9-16(18)19/h3-12,27H,1-2H3. The van der Waals surface area contributed by atoms with Crippen LogP contribution in [0.3, 0.4) is 0 Å². The highest BCUT2D eigenvalue weighted by Gasteiger charge is 2.37. The Morgan fingerprint density at radius 2 is 1.74 bits per heavy atom. The van der Waals surface area contributed by atoms with E-state index in [2.05, 4.69) is 15.0 Å². The molecule has 34 heavy (non-hydrogen) atoms. The number of alkyl halides is 3. The predicted octanol–water partition coefficient (Wildman–Crippen LogP) is 5.15. The quantitative estimate of drug-likeness (QED) is 0.379. The molecule has 0 atom stereocenters. The van der Waals surface area contributed by atoms with Gasteiger partial charge < -0.3 is 9.72 Å². The molecule has 3 heterocycles. The Balaban J connectivity index is 1.90. The van der Waals surface area contributed by atoms with Crippen molar-refractivity contribution >= 4 is 32.0 Å². The van der Waals surface area contributed by atoms with E-state index in [0.29, 0.717) is 28.5 Å². The molecule has 7 nitrogen and oxygen atoms in total. The maximum absolute atomic E-state index is 13.7. The largest absolute Gasteiger partial charge is 0.497 e. The number of aromatic nitrogens is 4. The van der Waals surface area contributed by atoms with Crippen LogP contribution in [0.25, 0.3) is 33.2 Å². The molecule has 3 aromatic heterocycles. The highest BCUT2D eigenvalue weighted by Crippen LogP contribution is 2.40. The lowest BCUT2D eigenvalue weighted by atomic mass is 10.1. The summed E-state index contributed by atoms with van der Waals surface area (Å²) in [6.45, 7) is 1.80. The fraction of sp³-hybridized carbons (Fsp3) is 0.130. The lowest BCUT2D eigenvalue weighted by Gasteiger charge is -2.12. The minimum atomic E-state index is -4.80. The molecule has 11 heteroatoms. The summed E-state index contributed by atoms with van der Waals surface area (Å²) in [5.74, 6) is 0.508. The van der Waals surface area contributed by atoms with E-state index in [-0.39, 0.29) is 16.2 Å². The van der Waals surface area contributed by atoms with Gasteiger partial charge in [-0.1, -0.05) is 17.7 Å². The molecule has 0 fully saturated rings. The van der Waals surface area contributed by atoms with Gasteiger partial charge >= 0.3 is 6.18 Å². The third-order valence-corrected chi connectivity index (χ3v) is 7.27. The minimum absolute atomic E-state index is 0.0149. The average molecular weight is 486 g/mol. The summed E-state index contributed by atoms with van der Waals surface area (Å²) in [6.07, 6.45) is -2.55. The van der Waals surface area contributed by atoms with Crippen molar-refractivity contribution < 1.29 is 26.3 Å². The number of hydrogen-bond acceptors (Lipinski definition) is 5. The van der Waals surface area contributed by atoms with E-state index in [9.17, 15) is 21.6 Å². The van der Waals surface area contributed by atoms with E-state index in [1.165, 1.54) is 19.2 Å². The Labute approximate surface area is 191 Å². The number of aryl methyl sites for hydroxylation is 1. The second-order valence-corrected chi connectivity index (χ2v) is 9.47. The SMILES string of the molecule is COc1ccc2[nH]cc(-c3cc4c(C(F)(F)F)ncnc4n3S(=O)(=O)c3ccc(C)cc3)c2c1. The lowest BCUT2D eigenvalue weighted by molar-refractivity contribution is -0.139. The smallest absolute Gasteiger partial charge is 0.434 e. The number of fused-ring (bicyclic) bond motifs is 2. The number of H-pyrrole nitrogens is 1. The van der Waals surface area contributed by atoms with E-state index in [1.54, 1.807) is 43.5 Å². The van der Waals surface area contributed by atoms with Gasteiger partial charge in [-0.15, -0.1) is 0 Å². The van der Waals surface area contributed by atoms with E-state index in [4.69, 9.17) is 4.74 Å². The van der Waals surface area contributed by atoms with Crippen molar-refractivity contribution in [1.29, 1.82) is 0 Å². The van der Waals surface area contributed by atoms with Crippen LogP contribution in [0.2, 0.25) is 0 Å². The first-order valence-corrected chi connectivity index (χ1v) is 11.5. The number of ether oxygens (including phenoxy) is 1. The minimum Gasteiger partial charge on any atom is -0.497 e. The van der Waals surface area contributed by atoms with Crippen LogP contribution in [0.5, 0.6) is 5.75 Å². The van der Waals surface area contributed by atoms with Crippen molar-refractivity contribution in [1.82, 2.24) is 18.9 Å². The molecule has 0 amide bonds. The van der Waals surface area contributed by atoms with E-state index in [0.717, 1.165) is 15.6 Å². The summed E-state index contributed by atoms with van der Waals surface area (Å²) in [4.78, 5) is 10.3. The van der Waals surface area contributed by atoms with E-state index in [1.807, 2.05) is 0 Å². The lowest BCUT2D eigenvalue weighted by Crippen LogP contribution is -2.15. The van der Waals surface area contributed by atoms with Crippen LogP contribution in [0.4, 0.5) is 13.2 Å². The summed E-state index contributed by atoms with van der Waals surface area (Å²) in [7, 11) is -2.84. The maximum Gasteiger partial charge on any atom is 0.434 e. The molecule has 0 aliphatic carbocycles. The fourth-order valence-corrected chi connectivity index (χ4v) is 5.38. The maximum atomic E-state index is 13.7. The number of nitrogens with one attached hydrogen (secondary N) is 1. The number of nitrogens with zero attached hydrogens (tertiary/aromatic N) is 3. The Hall–Kier alpha value is -3.86. The zero-order chi connectivity index (χ0) is 24.3. The number of rotatable bonds is 4. The van der Waals surface area contributed by atoms with Crippen LogP contribution in [-0.4, -0.2) is 34.5 Å². The molecule has 174 valence electrons. The van der Waals surface area contributed by atoms with Gasteiger partial charge in [0.05, 0.1) is 23.1 Å². The van der Waals surface area contributed by atoms with Crippen LogP contribution in [0.1, 0.15) is 11.3 Å². The third-order valence-electron chi connectivity index (χ3n) is 5.55. The molecule has 0 aliphatic heterocycles. The summed E-state index contributed by atoms with van der Waals surface area (Å²) in [6, 6.07) is 12.3. The first kappa shape index (κ1) is 22.0. The number of aromatic amines is 1. The van der Waals surface area contributed by atoms with Crippen molar-refractivity contribution in [3.05, 3.63) is 72.3 Å². The molecule has 2 aromatic carbocycles. The Bertz CT molecular complexity index is 1650. The van der Waals surface area contributed by atoms with Crippen LogP contribution in [0, 0.1) is 6.92 Å². The normalized spacial score (nSPS) is 12.5.